The molecule has 0 aromatic heterocycles. The molecule has 10 heteroatoms. The molecular weight excluding hydrogens is 388 g/mol. The standard InChI is InChI=1S/C17H14F4N2O3S/c1-6-4-8(9(24)5-7(6)2)22-17(27)23-16(25)10-11(18)13(20)15(26-3)14(21)12(10)19/h4-5,24H,1-3H3,(H2,22,23,25,27). The Morgan fingerprint density at radius 2 is 1.56 bits per heavy atom. The lowest BCUT2D eigenvalue weighted by molar-refractivity contribution is 0.0966. The molecule has 0 bridgehead atoms. The molecular formula is C17H14F4N2O3S. The largest absolute Gasteiger partial charge is 0.506 e. The van der Waals surface area contributed by atoms with Gasteiger partial charge in [-0.05, 0) is 49.3 Å². The van der Waals surface area contributed by atoms with Gasteiger partial charge in [-0.2, -0.15) is 8.78 Å². The minimum Gasteiger partial charge on any atom is -0.506 e. The van der Waals surface area contributed by atoms with Gasteiger partial charge in [-0.1, -0.05) is 0 Å². The molecule has 0 atom stereocenters. The number of aromatic hydroxyl groups is 1. The maximum atomic E-state index is 14.0. The van der Waals surface area contributed by atoms with E-state index in [9.17, 15) is 27.5 Å². The maximum absolute atomic E-state index is 14.0. The van der Waals surface area contributed by atoms with Gasteiger partial charge in [-0.3, -0.25) is 10.1 Å². The quantitative estimate of drug-likeness (QED) is 0.316. The van der Waals surface area contributed by atoms with Crippen LogP contribution >= 0.6 is 12.2 Å². The number of rotatable bonds is 3. The van der Waals surface area contributed by atoms with E-state index in [1.54, 1.807) is 13.8 Å². The number of amides is 1. The molecule has 0 unspecified atom stereocenters. The molecule has 2 aromatic rings. The second kappa shape index (κ2) is 7.78. The second-order valence-electron chi connectivity index (χ2n) is 5.53. The first-order valence-corrected chi connectivity index (χ1v) is 7.81. The van der Waals surface area contributed by atoms with Crippen molar-refractivity contribution in [1.29, 1.82) is 0 Å². The van der Waals surface area contributed by atoms with Crippen LogP contribution in [0.3, 0.4) is 0 Å². The molecule has 2 aromatic carbocycles. The van der Waals surface area contributed by atoms with E-state index in [1.807, 2.05) is 5.32 Å². The molecule has 0 saturated heterocycles. The first-order chi connectivity index (χ1) is 12.6. The molecule has 0 spiro atoms. The molecule has 1 amide bonds. The fourth-order valence-electron chi connectivity index (χ4n) is 2.21. The summed E-state index contributed by atoms with van der Waals surface area (Å²) in [6, 6.07) is 2.96. The number of anilines is 1. The lowest BCUT2D eigenvalue weighted by atomic mass is 10.1. The van der Waals surface area contributed by atoms with Crippen LogP contribution in [0.5, 0.6) is 11.5 Å². The fraction of sp³-hybridized carbons (Fsp3) is 0.176. The minimum atomic E-state index is -1.93. The number of carbonyl (C=O) groups excluding carboxylic acids is 1. The average molecular weight is 402 g/mol. The van der Waals surface area contributed by atoms with Crippen LogP contribution in [0.15, 0.2) is 12.1 Å². The van der Waals surface area contributed by atoms with Crippen molar-refractivity contribution in [3.05, 3.63) is 52.1 Å². The van der Waals surface area contributed by atoms with Crippen LogP contribution in [0.1, 0.15) is 21.5 Å². The van der Waals surface area contributed by atoms with E-state index in [1.165, 1.54) is 12.1 Å². The summed E-state index contributed by atoms with van der Waals surface area (Å²) in [4.78, 5) is 12.0. The first-order valence-electron chi connectivity index (χ1n) is 7.40. The molecule has 0 aliphatic heterocycles. The summed E-state index contributed by atoms with van der Waals surface area (Å²) in [5.41, 5.74) is 0.206. The van der Waals surface area contributed by atoms with Crippen molar-refractivity contribution in [3.8, 4) is 11.5 Å². The summed E-state index contributed by atoms with van der Waals surface area (Å²) in [5, 5.41) is 13.8. The number of carbonyl (C=O) groups is 1. The maximum Gasteiger partial charge on any atom is 0.263 e. The smallest absolute Gasteiger partial charge is 0.263 e. The van der Waals surface area contributed by atoms with Gasteiger partial charge in [-0.25, -0.2) is 8.78 Å². The van der Waals surface area contributed by atoms with Crippen LogP contribution in [0.4, 0.5) is 23.2 Å². The average Bonchev–Trinajstić information content (AvgIpc) is 2.58. The van der Waals surface area contributed by atoms with Crippen molar-refractivity contribution in [2.24, 2.45) is 0 Å². The zero-order chi connectivity index (χ0) is 20.5. The number of methoxy groups -OCH3 is 1. The number of ether oxygens (including phenoxy) is 1. The molecule has 0 fully saturated rings. The predicted molar refractivity (Wildman–Crippen MR) is 94.1 cm³/mol. The highest BCUT2D eigenvalue weighted by atomic mass is 32.1. The van der Waals surface area contributed by atoms with Crippen molar-refractivity contribution in [2.45, 2.75) is 13.8 Å². The number of nitrogens with one attached hydrogen (secondary N) is 2. The van der Waals surface area contributed by atoms with Crippen LogP contribution in [0, 0.1) is 37.1 Å². The van der Waals surface area contributed by atoms with Crippen molar-refractivity contribution < 1.29 is 32.2 Å². The summed E-state index contributed by atoms with van der Waals surface area (Å²) >= 11 is 4.84. The van der Waals surface area contributed by atoms with E-state index in [0.29, 0.717) is 0 Å². The Bertz CT molecular complexity index is 922. The van der Waals surface area contributed by atoms with Crippen molar-refractivity contribution in [2.75, 3.05) is 12.4 Å². The van der Waals surface area contributed by atoms with Gasteiger partial charge in [0.1, 0.15) is 11.3 Å². The predicted octanol–water partition coefficient (Wildman–Crippen LogP) is 3.70. The van der Waals surface area contributed by atoms with Gasteiger partial charge in [0.2, 0.25) is 11.6 Å². The molecule has 0 aliphatic rings. The summed E-state index contributed by atoms with van der Waals surface area (Å²) < 4.78 is 59.6. The van der Waals surface area contributed by atoms with E-state index in [4.69, 9.17) is 12.2 Å². The Labute approximate surface area is 157 Å². The van der Waals surface area contributed by atoms with Crippen molar-refractivity contribution >= 4 is 28.9 Å². The number of benzene rings is 2. The number of thiocarbonyl (C=S) groups is 1. The van der Waals surface area contributed by atoms with Crippen molar-refractivity contribution in [1.82, 2.24) is 5.32 Å². The molecule has 144 valence electrons. The third-order valence-corrected chi connectivity index (χ3v) is 3.95. The number of aryl methyl sites for hydroxylation is 2. The zero-order valence-electron chi connectivity index (χ0n) is 14.3. The van der Waals surface area contributed by atoms with Gasteiger partial charge in [0.05, 0.1) is 12.8 Å². The molecule has 0 radical (unpaired) electrons. The van der Waals surface area contributed by atoms with E-state index >= 15 is 0 Å². The van der Waals surface area contributed by atoms with Gasteiger partial charge in [0, 0.05) is 0 Å². The second-order valence-corrected chi connectivity index (χ2v) is 5.93. The summed E-state index contributed by atoms with van der Waals surface area (Å²) in [7, 11) is 0.815. The van der Waals surface area contributed by atoms with Gasteiger partial charge in [-0.15, -0.1) is 0 Å². The lowest BCUT2D eigenvalue weighted by Crippen LogP contribution is -2.35. The van der Waals surface area contributed by atoms with Crippen LogP contribution < -0.4 is 15.4 Å². The molecule has 0 aliphatic carbocycles. The molecule has 0 heterocycles. The fourth-order valence-corrected chi connectivity index (χ4v) is 2.41. The third-order valence-electron chi connectivity index (χ3n) is 3.74. The Morgan fingerprint density at radius 1 is 1.04 bits per heavy atom. The van der Waals surface area contributed by atoms with E-state index < -0.39 is 45.6 Å². The van der Waals surface area contributed by atoms with Crippen LogP contribution in [-0.2, 0) is 0 Å². The van der Waals surface area contributed by atoms with Crippen LogP contribution in [0.25, 0.3) is 0 Å². The number of hydrogen-bond donors (Lipinski definition) is 3. The normalized spacial score (nSPS) is 10.5. The molecule has 0 saturated carbocycles. The van der Waals surface area contributed by atoms with E-state index in [2.05, 4.69) is 10.1 Å². The molecule has 5 nitrogen and oxygen atoms in total. The van der Waals surface area contributed by atoms with Crippen molar-refractivity contribution in [3.63, 3.8) is 0 Å². The summed E-state index contributed by atoms with van der Waals surface area (Å²) in [5.74, 6) is -10.6. The number of phenolic OH excluding ortho intramolecular Hbond substituents is 1. The third kappa shape index (κ3) is 3.95. The lowest BCUT2D eigenvalue weighted by Gasteiger charge is -2.14. The molecule has 3 N–H and O–H groups in total. The topological polar surface area (TPSA) is 70.6 Å². The SMILES string of the molecule is COc1c(F)c(F)c(C(=O)NC(=S)Nc2cc(C)c(C)cc2O)c(F)c1F. The number of phenols is 1. The summed E-state index contributed by atoms with van der Waals surface area (Å²) in [6.45, 7) is 3.52. The zero-order valence-corrected chi connectivity index (χ0v) is 15.2. The monoisotopic (exact) mass is 402 g/mol. The molecule has 2 rings (SSSR count). The number of halogens is 4. The minimum absolute atomic E-state index is 0.122. The highest BCUT2D eigenvalue weighted by Gasteiger charge is 2.30. The van der Waals surface area contributed by atoms with Gasteiger partial charge in [0.25, 0.3) is 5.91 Å². The molecule has 27 heavy (non-hydrogen) atoms. The Morgan fingerprint density at radius 3 is 2.07 bits per heavy atom. The number of hydrogen-bond acceptors (Lipinski definition) is 4. The highest BCUT2D eigenvalue weighted by Crippen LogP contribution is 2.30. The highest BCUT2D eigenvalue weighted by molar-refractivity contribution is 7.80. The van der Waals surface area contributed by atoms with Crippen LogP contribution in [-0.4, -0.2) is 23.2 Å². The van der Waals surface area contributed by atoms with Crippen LogP contribution in [0.2, 0.25) is 0 Å². The van der Waals surface area contributed by atoms with E-state index in [-0.39, 0.29) is 11.4 Å². The summed E-state index contributed by atoms with van der Waals surface area (Å²) in [6.07, 6.45) is 0. The Hall–Kier alpha value is -2.88. The van der Waals surface area contributed by atoms with E-state index in [0.717, 1.165) is 18.2 Å². The van der Waals surface area contributed by atoms with Gasteiger partial charge in [0.15, 0.2) is 22.5 Å². The Kier molecular flexibility index (Phi) is 5.89. The van der Waals surface area contributed by atoms with Gasteiger partial charge >= 0.3 is 0 Å². The Balaban J connectivity index is 2.28. The van der Waals surface area contributed by atoms with Gasteiger partial charge < -0.3 is 15.2 Å². The first kappa shape index (κ1) is 20.4.